The molecule has 0 saturated carbocycles. The Kier molecular flexibility index (Phi) is 6.31. The molecule has 0 fully saturated rings. The maximum absolute atomic E-state index is 11.6. The second-order valence-electron chi connectivity index (χ2n) is 5.61. The molecular weight excluding hydrogens is 304 g/mol. The lowest BCUT2D eigenvalue weighted by Gasteiger charge is -2.19. The van der Waals surface area contributed by atoms with E-state index in [1.54, 1.807) is 32.9 Å². The number of urea groups is 1. The fourth-order valence-corrected chi connectivity index (χ4v) is 1.41. The molecule has 0 aromatic carbocycles. The van der Waals surface area contributed by atoms with Crippen LogP contribution in [0, 0.1) is 0 Å². The van der Waals surface area contributed by atoms with Crippen molar-refractivity contribution in [3.63, 3.8) is 0 Å². The molecule has 0 bridgehead atoms. The summed E-state index contributed by atoms with van der Waals surface area (Å²) in [6.45, 7) is 4.98. The van der Waals surface area contributed by atoms with Crippen molar-refractivity contribution in [1.29, 1.82) is 0 Å². The number of hydrogen-bond donors (Lipinski definition) is 4. The predicted octanol–water partition coefficient (Wildman–Crippen LogP) is 1.31. The Bertz CT molecular complexity index is 566. The second-order valence-corrected chi connectivity index (χ2v) is 5.61. The standard InChI is InChI=1S/C14H20N4O5/c1-14(2,3)23-13(22)18-10-5-4-9(6-15-10)7-16-12(21)17-8-11(19)20/h4-6H,7-8H2,1-3H3,(H,19,20)(H,15,18,22)(H2,16,17,21). The molecule has 0 aliphatic heterocycles. The number of ether oxygens (including phenoxy) is 1. The largest absolute Gasteiger partial charge is 0.480 e. The molecule has 9 heteroatoms. The molecule has 1 heterocycles. The predicted molar refractivity (Wildman–Crippen MR) is 82.0 cm³/mol. The minimum atomic E-state index is -1.13. The molecular formula is C14H20N4O5. The molecule has 1 aromatic heterocycles. The van der Waals surface area contributed by atoms with Gasteiger partial charge in [0.05, 0.1) is 0 Å². The third-order valence-corrected chi connectivity index (χ3v) is 2.31. The number of carboxylic acids is 1. The van der Waals surface area contributed by atoms with Gasteiger partial charge in [-0.05, 0) is 32.4 Å². The van der Waals surface area contributed by atoms with Crippen molar-refractivity contribution in [3.8, 4) is 0 Å². The summed E-state index contributed by atoms with van der Waals surface area (Å²) < 4.78 is 5.09. The third-order valence-electron chi connectivity index (χ3n) is 2.31. The van der Waals surface area contributed by atoms with Gasteiger partial charge in [-0.25, -0.2) is 14.6 Å². The molecule has 1 rings (SSSR count). The first-order chi connectivity index (χ1) is 10.7. The Labute approximate surface area is 133 Å². The van der Waals surface area contributed by atoms with Crippen LogP contribution in [0.1, 0.15) is 26.3 Å². The van der Waals surface area contributed by atoms with Crippen LogP contribution in [0.25, 0.3) is 0 Å². The lowest BCUT2D eigenvalue weighted by molar-refractivity contribution is -0.135. The highest BCUT2D eigenvalue weighted by Gasteiger charge is 2.16. The zero-order valence-electron chi connectivity index (χ0n) is 13.2. The summed E-state index contributed by atoms with van der Waals surface area (Å²) in [5, 5.41) is 15.6. The van der Waals surface area contributed by atoms with Gasteiger partial charge in [-0.2, -0.15) is 0 Å². The Morgan fingerprint density at radius 3 is 2.43 bits per heavy atom. The molecule has 0 aliphatic rings. The topological polar surface area (TPSA) is 130 Å². The maximum atomic E-state index is 11.6. The smallest absolute Gasteiger partial charge is 0.413 e. The molecule has 126 valence electrons. The summed E-state index contributed by atoms with van der Waals surface area (Å²) in [4.78, 5) is 37.2. The first-order valence-electron chi connectivity index (χ1n) is 6.84. The molecule has 23 heavy (non-hydrogen) atoms. The van der Waals surface area contributed by atoms with Gasteiger partial charge >= 0.3 is 18.1 Å². The quantitative estimate of drug-likeness (QED) is 0.646. The molecule has 0 spiro atoms. The average Bonchev–Trinajstić information content (AvgIpc) is 2.42. The molecule has 1 aromatic rings. The van der Waals surface area contributed by atoms with Crippen LogP contribution in [0.2, 0.25) is 0 Å². The van der Waals surface area contributed by atoms with E-state index in [1.165, 1.54) is 6.20 Å². The Morgan fingerprint density at radius 1 is 1.22 bits per heavy atom. The van der Waals surface area contributed by atoms with Gasteiger partial charge in [0.25, 0.3) is 0 Å². The zero-order valence-corrected chi connectivity index (χ0v) is 13.2. The van der Waals surface area contributed by atoms with E-state index >= 15 is 0 Å². The Balaban J connectivity index is 2.43. The second kappa shape index (κ2) is 7.97. The summed E-state index contributed by atoms with van der Waals surface area (Å²) in [6.07, 6.45) is 0.869. The monoisotopic (exact) mass is 324 g/mol. The number of hydrogen-bond acceptors (Lipinski definition) is 5. The van der Waals surface area contributed by atoms with E-state index in [-0.39, 0.29) is 6.54 Å². The number of pyridine rings is 1. The van der Waals surface area contributed by atoms with Crippen molar-refractivity contribution >= 4 is 23.9 Å². The molecule has 0 unspecified atom stereocenters. The lowest BCUT2D eigenvalue weighted by Crippen LogP contribution is -2.38. The van der Waals surface area contributed by atoms with E-state index in [2.05, 4.69) is 20.9 Å². The summed E-state index contributed by atoms with van der Waals surface area (Å²) in [6, 6.07) is 2.64. The highest BCUT2D eigenvalue weighted by molar-refractivity contribution is 5.83. The normalized spacial score (nSPS) is 10.6. The van der Waals surface area contributed by atoms with E-state index in [0.29, 0.717) is 11.4 Å². The van der Waals surface area contributed by atoms with E-state index < -0.39 is 30.2 Å². The lowest BCUT2D eigenvalue weighted by atomic mass is 10.2. The van der Waals surface area contributed by atoms with Gasteiger partial charge in [-0.15, -0.1) is 0 Å². The third kappa shape index (κ3) is 8.24. The van der Waals surface area contributed by atoms with Crippen molar-refractivity contribution in [1.82, 2.24) is 15.6 Å². The number of nitrogens with one attached hydrogen (secondary N) is 3. The average molecular weight is 324 g/mol. The molecule has 0 radical (unpaired) electrons. The number of carboxylic acid groups (broad SMARTS) is 1. The highest BCUT2D eigenvalue weighted by Crippen LogP contribution is 2.10. The molecule has 0 saturated heterocycles. The van der Waals surface area contributed by atoms with E-state index in [4.69, 9.17) is 9.84 Å². The number of aromatic nitrogens is 1. The Hall–Kier alpha value is -2.84. The van der Waals surface area contributed by atoms with Gasteiger partial charge in [0.2, 0.25) is 0 Å². The van der Waals surface area contributed by atoms with E-state index in [1.807, 2.05) is 0 Å². The number of anilines is 1. The number of nitrogens with zero attached hydrogens (tertiary/aromatic N) is 1. The van der Waals surface area contributed by atoms with Crippen LogP contribution in [0.3, 0.4) is 0 Å². The van der Waals surface area contributed by atoms with E-state index in [0.717, 1.165) is 0 Å². The van der Waals surface area contributed by atoms with E-state index in [9.17, 15) is 14.4 Å². The van der Waals surface area contributed by atoms with Crippen LogP contribution in [-0.4, -0.2) is 40.3 Å². The molecule has 4 N–H and O–H groups in total. The number of carbonyl (C=O) groups excluding carboxylic acids is 2. The van der Waals surface area contributed by atoms with Crippen LogP contribution >= 0.6 is 0 Å². The number of rotatable bonds is 5. The SMILES string of the molecule is CC(C)(C)OC(=O)Nc1ccc(CNC(=O)NCC(=O)O)cn1. The maximum Gasteiger partial charge on any atom is 0.413 e. The number of amides is 3. The fourth-order valence-electron chi connectivity index (χ4n) is 1.41. The first-order valence-corrected chi connectivity index (χ1v) is 6.84. The summed E-state index contributed by atoms with van der Waals surface area (Å²) in [5.41, 5.74) is 0.0854. The van der Waals surface area contributed by atoms with Gasteiger partial charge in [0.15, 0.2) is 0 Å². The summed E-state index contributed by atoms with van der Waals surface area (Å²) in [5.74, 6) is -0.808. The number of carbonyl (C=O) groups is 3. The van der Waals surface area contributed by atoms with Crippen molar-refractivity contribution in [2.24, 2.45) is 0 Å². The summed E-state index contributed by atoms with van der Waals surface area (Å²) >= 11 is 0. The first kappa shape index (κ1) is 18.2. The minimum absolute atomic E-state index is 0.172. The van der Waals surface area contributed by atoms with Gasteiger partial charge < -0.3 is 20.5 Å². The van der Waals surface area contributed by atoms with Gasteiger partial charge in [0.1, 0.15) is 18.0 Å². The van der Waals surface area contributed by atoms with Crippen molar-refractivity contribution < 1.29 is 24.2 Å². The van der Waals surface area contributed by atoms with Crippen molar-refractivity contribution in [2.45, 2.75) is 32.9 Å². The number of aliphatic carboxylic acids is 1. The molecule has 0 atom stereocenters. The Morgan fingerprint density at radius 2 is 1.91 bits per heavy atom. The van der Waals surface area contributed by atoms with Crippen LogP contribution in [-0.2, 0) is 16.1 Å². The van der Waals surface area contributed by atoms with Gasteiger partial charge in [-0.1, -0.05) is 6.07 Å². The fraction of sp³-hybridized carbons (Fsp3) is 0.429. The summed E-state index contributed by atoms with van der Waals surface area (Å²) in [7, 11) is 0. The van der Waals surface area contributed by atoms with Crippen LogP contribution in [0.5, 0.6) is 0 Å². The van der Waals surface area contributed by atoms with Gasteiger partial charge in [-0.3, -0.25) is 10.1 Å². The highest BCUT2D eigenvalue weighted by atomic mass is 16.6. The molecule has 0 aliphatic carbocycles. The van der Waals surface area contributed by atoms with Crippen molar-refractivity contribution in [3.05, 3.63) is 23.9 Å². The van der Waals surface area contributed by atoms with Crippen LogP contribution < -0.4 is 16.0 Å². The van der Waals surface area contributed by atoms with Crippen LogP contribution in [0.15, 0.2) is 18.3 Å². The molecule has 9 nitrogen and oxygen atoms in total. The minimum Gasteiger partial charge on any atom is -0.480 e. The van der Waals surface area contributed by atoms with Crippen LogP contribution in [0.4, 0.5) is 15.4 Å². The molecule has 3 amide bonds. The van der Waals surface area contributed by atoms with Crippen molar-refractivity contribution in [2.75, 3.05) is 11.9 Å². The zero-order chi connectivity index (χ0) is 17.5. The van der Waals surface area contributed by atoms with Gasteiger partial charge in [0, 0.05) is 12.7 Å².